The topological polar surface area (TPSA) is 190 Å². The summed E-state index contributed by atoms with van der Waals surface area (Å²) in [5.74, 6) is -0.467. The summed E-state index contributed by atoms with van der Waals surface area (Å²) >= 11 is 0. The van der Waals surface area contributed by atoms with Gasteiger partial charge in [0.15, 0.2) is 12.5 Å². The fraction of sp³-hybridized carbons (Fsp3) is 0.824. The van der Waals surface area contributed by atoms with E-state index in [0.717, 1.165) is 4.90 Å². The van der Waals surface area contributed by atoms with Gasteiger partial charge in [-0.25, -0.2) is 0 Å². The molecule has 2 saturated heterocycles. The van der Waals surface area contributed by atoms with E-state index in [4.69, 9.17) is 14.2 Å². The largest absolute Gasteiger partial charge is 0.394 e. The van der Waals surface area contributed by atoms with Crippen LogP contribution in [0, 0.1) is 0 Å². The highest BCUT2D eigenvalue weighted by Gasteiger charge is 2.51. The molecule has 0 aromatic rings. The molecule has 2 rings (SSSR count). The number of nitrogens with zero attached hydrogens (tertiary/aromatic N) is 1. The maximum atomic E-state index is 11.8. The van der Waals surface area contributed by atoms with Crippen LogP contribution in [-0.4, -0.2) is 128 Å². The van der Waals surface area contributed by atoms with Gasteiger partial charge in [0.05, 0.1) is 13.2 Å². The molecule has 0 radical (unpaired) electrons. The third kappa shape index (κ3) is 4.94. The van der Waals surface area contributed by atoms with E-state index in [0.29, 0.717) is 0 Å². The maximum Gasteiger partial charge on any atom is 0.221 e. The number of hydrogen-bond donors (Lipinski definition) is 7. The fourth-order valence-electron chi connectivity index (χ4n) is 3.38. The molecule has 12 nitrogen and oxygen atoms in total. The van der Waals surface area contributed by atoms with Crippen molar-refractivity contribution in [1.82, 2.24) is 4.90 Å². The number of aliphatic hydroxyl groups is 7. The average molecular weight is 423 g/mol. The van der Waals surface area contributed by atoms with Crippen molar-refractivity contribution in [2.24, 2.45) is 0 Å². The summed E-state index contributed by atoms with van der Waals surface area (Å²) in [5.41, 5.74) is 0. The average Bonchev–Trinajstić information content (AvgIpc) is 2.70. The summed E-state index contributed by atoms with van der Waals surface area (Å²) in [6, 6.07) is 0. The van der Waals surface area contributed by atoms with Crippen LogP contribution >= 0.6 is 0 Å². The van der Waals surface area contributed by atoms with E-state index in [1.165, 1.54) is 13.0 Å². The van der Waals surface area contributed by atoms with E-state index >= 15 is 0 Å². The summed E-state index contributed by atoms with van der Waals surface area (Å²) in [6.07, 6.45) is -13.8. The van der Waals surface area contributed by atoms with Crippen LogP contribution in [0.3, 0.4) is 0 Å². The highest BCUT2D eigenvalue weighted by Crippen LogP contribution is 2.30. The van der Waals surface area contributed by atoms with E-state index in [1.54, 1.807) is 0 Å². The van der Waals surface area contributed by atoms with Crippen LogP contribution in [0.5, 0.6) is 0 Å². The first kappa shape index (κ1) is 24.1. The molecule has 0 aromatic heterocycles. The number of hydrogen-bond acceptors (Lipinski definition) is 11. The molecule has 12 heteroatoms. The molecule has 7 N–H and O–H groups in total. The Kier molecular flexibility index (Phi) is 8.48. The smallest absolute Gasteiger partial charge is 0.221 e. The molecule has 2 heterocycles. The number of carbonyl (C=O) groups excluding carboxylic acids is 1. The Balaban J connectivity index is 2.19. The summed E-state index contributed by atoms with van der Waals surface area (Å²) < 4.78 is 16.2. The van der Waals surface area contributed by atoms with Crippen LogP contribution in [0.1, 0.15) is 6.92 Å². The second-order valence-corrected chi connectivity index (χ2v) is 6.99. The van der Waals surface area contributed by atoms with Crippen LogP contribution in [0.2, 0.25) is 0 Å². The number of amides is 1. The molecule has 2 aliphatic rings. The minimum absolute atomic E-state index is 0.0141. The van der Waals surface area contributed by atoms with Crippen molar-refractivity contribution in [3.63, 3.8) is 0 Å². The Labute approximate surface area is 167 Å². The molecule has 0 aromatic carbocycles. The van der Waals surface area contributed by atoms with Gasteiger partial charge in [0.25, 0.3) is 0 Å². The van der Waals surface area contributed by atoms with E-state index < -0.39 is 80.5 Å². The predicted molar refractivity (Wildman–Crippen MR) is 94.0 cm³/mol. The lowest BCUT2D eigenvalue weighted by molar-refractivity contribution is -0.347. The molecule has 168 valence electrons. The Morgan fingerprint density at radius 2 is 1.59 bits per heavy atom. The SMILES string of the molecule is C=CCN(C(C)=O)[C@@H]1O[C@H](CO)[C@@H](O[C@@H]2O[C@H](CO)[C@@H](O)[C@H](O)[C@H]2O)[C@H](O)[C@H]1O. The zero-order valence-electron chi connectivity index (χ0n) is 15.9. The van der Waals surface area contributed by atoms with Gasteiger partial charge in [-0.3, -0.25) is 4.79 Å². The standard InChI is InChI=1S/C17H29NO11/c1-3-4-18(7(2)21)16-13(25)12(24)15(9(6-20)27-16)29-17-14(26)11(23)10(22)8(5-19)28-17/h3,8-17,19-20,22-26H,1,4-6H2,2H3/t8-,9-,10-,11+,12-,13-,14-,15-,16-,17+/m1/s1. The molecular weight excluding hydrogens is 394 g/mol. The lowest BCUT2D eigenvalue weighted by atomic mass is 9.96. The lowest BCUT2D eigenvalue weighted by Gasteiger charge is -2.48. The minimum Gasteiger partial charge on any atom is -0.394 e. The fourth-order valence-corrected chi connectivity index (χ4v) is 3.38. The predicted octanol–water partition coefficient (Wildman–Crippen LogP) is -4.35. The summed E-state index contributed by atoms with van der Waals surface area (Å²) in [7, 11) is 0. The van der Waals surface area contributed by atoms with Gasteiger partial charge in [-0.15, -0.1) is 6.58 Å². The van der Waals surface area contributed by atoms with Crippen LogP contribution in [0.25, 0.3) is 0 Å². The van der Waals surface area contributed by atoms with Crippen LogP contribution in [-0.2, 0) is 19.0 Å². The second-order valence-electron chi connectivity index (χ2n) is 6.99. The van der Waals surface area contributed by atoms with Gasteiger partial charge in [-0.1, -0.05) is 6.08 Å². The van der Waals surface area contributed by atoms with E-state index in [2.05, 4.69) is 6.58 Å². The molecule has 29 heavy (non-hydrogen) atoms. The van der Waals surface area contributed by atoms with Crippen molar-refractivity contribution < 1.29 is 54.8 Å². The Hall–Kier alpha value is -1.19. The Morgan fingerprint density at radius 3 is 2.10 bits per heavy atom. The highest BCUT2D eigenvalue weighted by atomic mass is 16.7. The molecule has 0 spiro atoms. The van der Waals surface area contributed by atoms with Crippen molar-refractivity contribution in [1.29, 1.82) is 0 Å². The van der Waals surface area contributed by atoms with Crippen LogP contribution in [0.15, 0.2) is 12.7 Å². The van der Waals surface area contributed by atoms with Gasteiger partial charge in [0, 0.05) is 13.5 Å². The molecule has 2 aliphatic heterocycles. The monoisotopic (exact) mass is 423 g/mol. The zero-order chi connectivity index (χ0) is 21.9. The summed E-state index contributed by atoms with van der Waals surface area (Å²) in [5, 5.41) is 69.7. The summed E-state index contributed by atoms with van der Waals surface area (Å²) in [6.45, 7) is 3.40. The van der Waals surface area contributed by atoms with E-state index in [-0.39, 0.29) is 6.54 Å². The van der Waals surface area contributed by atoms with Crippen molar-refractivity contribution in [3.8, 4) is 0 Å². The molecule has 0 unspecified atom stereocenters. The molecule has 10 atom stereocenters. The molecule has 0 bridgehead atoms. The first-order valence-electron chi connectivity index (χ1n) is 9.14. The Morgan fingerprint density at radius 1 is 0.966 bits per heavy atom. The van der Waals surface area contributed by atoms with Gasteiger partial charge in [0.1, 0.15) is 48.8 Å². The zero-order valence-corrected chi connectivity index (χ0v) is 15.9. The molecule has 1 amide bonds. The van der Waals surface area contributed by atoms with Gasteiger partial charge in [-0.05, 0) is 0 Å². The molecule has 0 saturated carbocycles. The number of rotatable bonds is 7. The summed E-state index contributed by atoms with van der Waals surface area (Å²) in [4.78, 5) is 12.9. The van der Waals surface area contributed by atoms with Gasteiger partial charge in [-0.2, -0.15) is 0 Å². The van der Waals surface area contributed by atoms with Crippen molar-refractivity contribution in [3.05, 3.63) is 12.7 Å². The number of ether oxygens (including phenoxy) is 3. The maximum absolute atomic E-state index is 11.8. The van der Waals surface area contributed by atoms with Crippen molar-refractivity contribution in [2.45, 2.75) is 68.3 Å². The van der Waals surface area contributed by atoms with Crippen LogP contribution in [0.4, 0.5) is 0 Å². The third-order valence-corrected chi connectivity index (χ3v) is 5.02. The lowest BCUT2D eigenvalue weighted by Crippen LogP contribution is -2.67. The number of aliphatic hydroxyl groups excluding tert-OH is 7. The number of carbonyl (C=O) groups is 1. The first-order chi connectivity index (χ1) is 13.7. The first-order valence-corrected chi connectivity index (χ1v) is 9.14. The van der Waals surface area contributed by atoms with Crippen LogP contribution < -0.4 is 0 Å². The van der Waals surface area contributed by atoms with E-state index in [9.17, 15) is 40.5 Å². The van der Waals surface area contributed by atoms with Crippen molar-refractivity contribution in [2.75, 3.05) is 19.8 Å². The molecule has 2 fully saturated rings. The van der Waals surface area contributed by atoms with Gasteiger partial charge in [0.2, 0.25) is 5.91 Å². The normalized spacial score (nSPS) is 43.0. The molecular formula is C17H29NO11. The van der Waals surface area contributed by atoms with Gasteiger partial charge >= 0.3 is 0 Å². The van der Waals surface area contributed by atoms with E-state index in [1.807, 2.05) is 0 Å². The quantitative estimate of drug-likeness (QED) is 0.196. The van der Waals surface area contributed by atoms with Gasteiger partial charge < -0.3 is 54.9 Å². The highest BCUT2D eigenvalue weighted by molar-refractivity contribution is 5.73. The van der Waals surface area contributed by atoms with Crippen molar-refractivity contribution >= 4 is 5.91 Å². The Bertz CT molecular complexity index is 559. The minimum atomic E-state index is -1.75. The second kappa shape index (κ2) is 10.2. The molecule has 0 aliphatic carbocycles. The third-order valence-electron chi connectivity index (χ3n) is 5.02.